The summed E-state index contributed by atoms with van der Waals surface area (Å²) in [6.45, 7) is 0. The minimum atomic E-state index is -3.65. The van der Waals surface area contributed by atoms with Gasteiger partial charge >= 0.3 is 0 Å². The molecule has 16 heavy (non-hydrogen) atoms. The van der Waals surface area contributed by atoms with Crippen molar-refractivity contribution >= 4 is 31.4 Å². The quantitative estimate of drug-likeness (QED) is 0.867. The third-order valence-corrected chi connectivity index (χ3v) is 4.16. The van der Waals surface area contributed by atoms with Crippen LogP contribution in [0.1, 0.15) is 11.0 Å². The minimum absolute atomic E-state index is 0.445. The summed E-state index contributed by atoms with van der Waals surface area (Å²) in [6.07, 6.45) is -1.05. The lowest BCUT2D eigenvalue weighted by atomic mass is 10.2. The summed E-state index contributed by atoms with van der Waals surface area (Å²) in [4.78, 5) is 0.621. The van der Waals surface area contributed by atoms with Crippen LogP contribution in [0.25, 0.3) is 10.1 Å². The van der Waals surface area contributed by atoms with E-state index in [9.17, 15) is 13.5 Å². The molecule has 2 rings (SSSR count). The zero-order chi connectivity index (χ0) is 11.8. The van der Waals surface area contributed by atoms with Crippen LogP contribution < -0.4 is 5.14 Å². The highest BCUT2D eigenvalue weighted by atomic mass is 32.2. The van der Waals surface area contributed by atoms with Gasteiger partial charge in [-0.25, -0.2) is 13.6 Å². The molecule has 0 fully saturated rings. The van der Waals surface area contributed by atoms with Gasteiger partial charge in [-0.2, -0.15) is 0 Å². The second-order valence-corrected chi connectivity index (χ2v) is 6.31. The van der Waals surface area contributed by atoms with Crippen LogP contribution >= 0.6 is 11.3 Å². The van der Waals surface area contributed by atoms with Crippen molar-refractivity contribution in [3.8, 4) is 0 Å². The Labute approximate surface area is 97.4 Å². The molecule has 1 heterocycles. The Morgan fingerprint density at radius 1 is 1.38 bits per heavy atom. The molecule has 1 aromatic carbocycles. The van der Waals surface area contributed by atoms with Crippen LogP contribution in [0.5, 0.6) is 0 Å². The number of rotatable bonds is 3. The van der Waals surface area contributed by atoms with Crippen LogP contribution in [0.2, 0.25) is 0 Å². The Kier molecular flexibility index (Phi) is 2.98. The highest BCUT2D eigenvalue weighted by Crippen LogP contribution is 2.29. The Morgan fingerprint density at radius 2 is 2.06 bits per heavy atom. The molecule has 0 saturated heterocycles. The maximum Gasteiger partial charge on any atom is 0.212 e. The van der Waals surface area contributed by atoms with Gasteiger partial charge in [0.1, 0.15) is 6.10 Å². The maximum absolute atomic E-state index is 10.9. The third-order valence-electron chi connectivity index (χ3n) is 2.16. The molecule has 0 saturated carbocycles. The number of thiophene rings is 1. The van der Waals surface area contributed by atoms with Crippen molar-refractivity contribution in [2.75, 3.05) is 5.75 Å². The molecule has 0 aliphatic rings. The molecule has 4 nitrogen and oxygen atoms in total. The third kappa shape index (κ3) is 2.59. The van der Waals surface area contributed by atoms with E-state index in [0.29, 0.717) is 4.88 Å². The summed E-state index contributed by atoms with van der Waals surface area (Å²) in [5, 5.41) is 15.6. The summed E-state index contributed by atoms with van der Waals surface area (Å²) in [5.74, 6) is -0.445. The number of benzene rings is 1. The van der Waals surface area contributed by atoms with Gasteiger partial charge < -0.3 is 5.11 Å². The first-order valence-electron chi connectivity index (χ1n) is 4.63. The van der Waals surface area contributed by atoms with Crippen molar-refractivity contribution in [2.24, 2.45) is 5.14 Å². The first-order valence-corrected chi connectivity index (χ1v) is 7.16. The van der Waals surface area contributed by atoms with Crippen LogP contribution in [0.4, 0.5) is 0 Å². The Morgan fingerprint density at radius 3 is 2.69 bits per heavy atom. The van der Waals surface area contributed by atoms with Gasteiger partial charge in [-0.15, -0.1) is 11.3 Å². The standard InChI is InChI=1S/C10H11NO3S2/c11-16(13,14)6-8(12)10-5-7-3-1-2-4-9(7)15-10/h1-5,8,12H,6H2,(H2,11,13,14). The lowest BCUT2D eigenvalue weighted by molar-refractivity contribution is 0.205. The monoisotopic (exact) mass is 257 g/mol. The molecule has 1 unspecified atom stereocenters. The fourth-order valence-corrected chi connectivity index (χ4v) is 3.24. The number of hydrogen-bond acceptors (Lipinski definition) is 4. The predicted octanol–water partition coefficient (Wildman–Crippen LogP) is 1.22. The summed E-state index contributed by atoms with van der Waals surface area (Å²) in [6, 6.07) is 9.42. The highest BCUT2D eigenvalue weighted by molar-refractivity contribution is 7.89. The van der Waals surface area contributed by atoms with Crippen LogP contribution in [0, 0.1) is 0 Å². The van der Waals surface area contributed by atoms with Gasteiger partial charge in [0.15, 0.2) is 0 Å². The van der Waals surface area contributed by atoms with E-state index in [0.717, 1.165) is 10.1 Å². The van der Waals surface area contributed by atoms with E-state index in [4.69, 9.17) is 5.14 Å². The number of aliphatic hydroxyl groups is 1. The van der Waals surface area contributed by atoms with Gasteiger partial charge in [-0.3, -0.25) is 0 Å². The van der Waals surface area contributed by atoms with Crippen molar-refractivity contribution in [3.05, 3.63) is 35.2 Å². The van der Waals surface area contributed by atoms with E-state index in [-0.39, 0.29) is 0 Å². The second kappa shape index (κ2) is 4.14. The lowest BCUT2D eigenvalue weighted by Crippen LogP contribution is -2.21. The van der Waals surface area contributed by atoms with Crippen LogP contribution in [-0.2, 0) is 10.0 Å². The molecular formula is C10H11NO3S2. The number of fused-ring (bicyclic) bond motifs is 1. The van der Waals surface area contributed by atoms with E-state index in [2.05, 4.69) is 0 Å². The van der Waals surface area contributed by atoms with E-state index in [1.807, 2.05) is 24.3 Å². The number of aliphatic hydroxyl groups excluding tert-OH is 1. The molecule has 2 aromatic rings. The summed E-state index contributed by atoms with van der Waals surface area (Å²) in [5.41, 5.74) is 0. The van der Waals surface area contributed by atoms with E-state index < -0.39 is 21.9 Å². The fraction of sp³-hybridized carbons (Fsp3) is 0.200. The first kappa shape index (κ1) is 11.5. The van der Waals surface area contributed by atoms with Crippen molar-refractivity contribution in [1.82, 2.24) is 0 Å². The van der Waals surface area contributed by atoms with E-state index in [1.54, 1.807) is 6.07 Å². The Balaban J connectivity index is 2.33. The molecule has 0 amide bonds. The topological polar surface area (TPSA) is 80.4 Å². The largest absolute Gasteiger partial charge is 0.386 e. The van der Waals surface area contributed by atoms with E-state index >= 15 is 0 Å². The molecule has 86 valence electrons. The highest BCUT2D eigenvalue weighted by Gasteiger charge is 2.17. The first-order chi connectivity index (χ1) is 7.46. The number of hydrogen-bond donors (Lipinski definition) is 2. The van der Waals surface area contributed by atoms with Crippen LogP contribution in [-0.4, -0.2) is 19.3 Å². The van der Waals surface area contributed by atoms with Gasteiger partial charge in [-0.1, -0.05) is 18.2 Å². The maximum atomic E-state index is 10.9. The number of nitrogens with two attached hydrogens (primary N) is 1. The fourth-order valence-electron chi connectivity index (χ4n) is 1.47. The average Bonchev–Trinajstić information content (AvgIpc) is 2.58. The summed E-state index contributed by atoms with van der Waals surface area (Å²) >= 11 is 1.38. The molecule has 0 radical (unpaired) electrons. The van der Waals surface area contributed by atoms with Crippen molar-refractivity contribution in [1.29, 1.82) is 0 Å². The zero-order valence-electron chi connectivity index (χ0n) is 8.33. The number of primary sulfonamides is 1. The molecule has 0 bridgehead atoms. The molecule has 0 aliphatic carbocycles. The van der Waals surface area contributed by atoms with Crippen LogP contribution in [0.3, 0.4) is 0 Å². The molecular weight excluding hydrogens is 246 g/mol. The molecule has 0 spiro atoms. The van der Waals surface area contributed by atoms with Gasteiger partial charge in [-0.05, 0) is 17.5 Å². The zero-order valence-corrected chi connectivity index (χ0v) is 9.96. The average molecular weight is 257 g/mol. The van der Waals surface area contributed by atoms with Crippen molar-refractivity contribution < 1.29 is 13.5 Å². The normalized spacial score (nSPS) is 14.1. The van der Waals surface area contributed by atoms with E-state index in [1.165, 1.54) is 11.3 Å². The minimum Gasteiger partial charge on any atom is -0.386 e. The number of sulfonamides is 1. The predicted molar refractivity (Wildman–Crippen MR) is 64.8 cm³/mol. The SMILES string of the molecule is NS(=O)(=O)CC(O)c1cc2ccccc2s1. The van der Waals surface area contributed by atoms with Crippen molar-refractivity contribution in [2.45, 2.75) is 6.10 Å². The summed E-state index contributed by atoms with van der Waals surface area (Å²) in [7, 11) is -3.65. The Hall–Kier alpha value is -0.950. The van der Waals surface area contributed by atoms with Gasteiger partial charge in [0, 0.05) is 9.58 Å². The van der Waals surface area contributed by atoms with Gasteiger partial charge in [0.25, 0.3) is 0 Å². The van der Waals surface area contributed by atoms with Crippen LogP contribution in [0.15, 0.2) is 30.3 Å². The molecule has 1 aromatic heterocycles. The molecule has 1 atom stereocenters. The molecule has 6 heteroatoms. The smallest absolute Gasteiger partial charge is 0.212 e. The second-order valence-electron chi connectivity index (χ2n) is 3.53. The summed E-state index contributed by atoms with van der Waals surface area (Å²) < 4.78 is 22.7. The van der Waals surface area contributed by atoms with Gasteiger partial charge in [0.2, 0.25) is 10.0 Å². The van der Waals surface area contributed by atoms with Gasteiger partial charge in [0.05, 0.1) is 5.75 Å². The molecule has 3 N–H and O–H groups in total. The lowest BCUT2D eigenvalue weighted by Gasteiger charge is -2.05. The molecule has 0 aliphatic heterocycles. The Bertz CT molecular complexity index is 570. The van der Waals surface area contributed by atoms with Crippen molar-refractivity contribution in [3.63, 3.8) is 0 Å².